The topological polar surface area (TPSA) is 59.2 Å². The van der Waals surface area contributed by atoms with Crippen LogP contribution in [-0.4, -0.2) is 32.3 Å². The van der Waals surface area contributed by atoms with E-state index in [9.17, 15) is 0 Å². The number of tetrazole rings is 1. The van der Waals surface area contributed by atoms with E-state index >= 15 is 0 Å². The van der Waals surface area contributed by atoms with Crippen LogP contribution in [-0.2, 0) is 6.42 Å². The minimum Gasteiger partial charge on any atom is -0.351 e. The Morgan fingerprint density at radius 3 is 3.05 bits per heavy atom. The van der Waals surface area contributed by atoms with Crippen LogP contribution in [0.3, 0.4) is 0 Å². The molecule has 6 nitrogen and oxygen atoms in total. The summed E-state index contributed by atoms with van der Waals surface area (Å²) in [6, 6.07) is 12.8. The summed E-state index contributed by atoms with van der Waals surface area (Å²) >= 11 is 0. The van der Waals surface area contributed by atoms with Gasteiger partial charge in [0.05, 0.1) is 6.04 Å². The van der Waals surface area contributed by atoms with Gasteiger partial charge in [-0.2, -0.15) is 0 Å². The average molecular weight is 266 g/mol. The summed E-state index contributed by atoms with van der Waals surface area (Å²) in [6.07, 6.45) is 2.24. The molecule has 0 spiro atoms. The molecule has 0 saturated carbocycles. The summed E-state index contributed by atoms with van der Waals surface area (Å²) in [4.78, 5) is 2.20. The largest absolute Gasteiger partial charge is 0.351 e. The number of rotatable bonds is 2. The van der Waals surface area contributed by atoms with E-state index in [1.54, 1.807) is 0 Å². The molecule has 1 aromatic carbocycles. The van der Waals surface area contributed by atoms with Crippen LogP contribution in [0.4, 0.5) is 5.82 Å². The van der Waals surface area contributed by atoms with Crippen molar-refractivity contribution in [1.82, 2.24) is 25.3 Å². The summed E-state index contributed by atoms with van der Waals surface area (Å²) in [5, 5.41) is 15.8. The first-order valence-electron chi connectivity index (χ1n) is 6.69. The van der Waals surface area contributed by atoms with Crippen molar-refractivity contribution in [2.45, 2.75) is 18.9 Å². The van der Waals surface area contributed by atoms with E-state index in [0.29, 0.717) is 11.7 Å². The lowest BCUT2D eigenvalue weighted by molar-refractivity contribution is 0.638. The van der Waals surface area contributed by atoms with Crippen LogP contribution in [0.5, 0.6) is 0 Å². The quantitative estimate of drug-likeness (QED) is 0.705. The molecule has 3 aromatic rings. The van der Waals surface area contributed by atoms with Crippen molar-refractivity contribution in [3.63, 3.8) is 0 Å². The van der Waals surface area contributed by atoms with Crippen molar-refractivity contribution in [1.29, 1.82) is 0 Å². The smallest absolute Gasteiger partial charge is 0.200 e. The van der Waals surface area contributed by atoms with Gasteiger partial charge in [-0.25, -0.2) is 0 Å². The van der Waals surface area contributed by atoms with E-state index in [0.717, 1.165) is 18.7 Å². The summed E-state index contributed by atoms with van der Waals surface area (Å²) in [7, 11) is 2.07. The van der Waals surface area contributed by atoms with Gasteiger partial charge in [0.2, 0.25) is 0 Å². The van der Waals surface area contributed by atoms with E-state index < -0.39 is 0 Å². The van der Waals surface area contributed by atoms with Crippen molar-refractivity contribution in [2.75, 3.05) is 11.9 Å². The van der Waals surface area contributed by atoms with Crippen LogP contribution < -0.4 is 4.90 Å². The second kappa shape index (κ2) is 4.26. The van der Waals surface area contributed by atoms with Crippen LogP contribution >= 0.6 is 0 Å². The number of aromatic nitrogens is 5. The third-order valence-corrected chi connectivity index (χ3v) is 3.99. The molecule has 100 valence electrons. The number of nitrogens with zero attached hydrogens (tertiary/aromatic N) is 6. The maximum Gasteiger partial charge on any atom is 0.200 e. The van der Waals surface area contributed by atoms with E-state index in [4.69, 9.17) is 0 Å². The Morgan fingerprint density at radius 2 is 2.10 bits per heavy atom. The zero-order valence-electron chi connectivity index (χ0n) is 11.1. The van der Waals surface area contributed by atoms with Crippen molar-refractivity contribution in [2.24, 2.45) is 0 Å². The minimum absolute atomic E-state index is 0.368. The lowest BCUT2D eigenvalue weighted by atomic mass is 10.1. The standard InChI is InChI=1S/C14H14N6/c1-19(12-7-6-10-4-2-3-5-11(10)12)14-9-8-13-15-17-18-20(13)16-14/h2-5,8-9,12H,6-7H2,1H3/t12-/m1/s1. The SMILES string of the molecule is CN(c1ccc2nnnn2n1)[C@@H]1CCc2ccccc21. The zero-order valence-corrected chi connectivity index (χ0v) is 11.1. The highest BCUT2D eigenvalue weighted by molar-refractivity contribution is 5.48. The molecule has 1 atom stereocenters. The van der Waals surface area contributed by atoms with Gasteiger partial charge in [-0.3, -0.25) is 0 Å². The van der Waals surface area contributed by atoms with Gasteiger partial charge in [-0.1, -0.05) is 24.3 Å². The molecule has 1 aliphatic rings. The first-order valence-corrected chi connectivity index (χ1v) is 6.69. The number of anilines is 1. The highest BCUT2D eigenvalue weighted by Gasteiger charge is 2.26. The normalized spacial score (nSPS) is 17.4. The summed E-state index contributed by atoms with van der Waals surface area (Å²) in [5.74, 6) is 0.881. The summed E-state index contributed by atoms with van der Waals surface area (Å²) in [6.45, 7) is 0. The maximum absolute atomic E-state index is 4.46. The maximum atomic E-state index is 4.46. The van der Waals surface area contributed by atoms with E-state index in [-0.39, 0.29) is 0 Å². The van der Waals surface area contributed by atoms with Gasteiger partial charge in [0.15, 0.2) is 11.5 Å². The number of benzene rings is 1. The van der Waals surface area contributed by atoms with Gasteiger partial charge in [0, 0.05) is 7.05 Å². The molecule has 0 amide bonds. The fourth-order valence-electron chi connectivity index (χ4n) is 2.92. The van der Waals surface area contributed by atoms with Crippen molar-refractivity contribution >= 4 is 11.5 Å². The molecular weight excluding hydrogens is 252 g/mol. The molecule has 1 aliphatic carbocycles. The molecular formula is C14H14N6. The first kappa shape index (κ1) is 11.3. The molecule has 2 heterocycles. The zero-order chi connectivity index (χ0) is 13.5. The number of hydrogen-bond acceptors (Lipinski definition) is 5. The van der Waals surface area contributed by atoms with Crippen molar-refractivity contribution < 1.29 is 0 Å². The van der Waals surface area contributed by atoms with Gasteiger partial charge >= 0.3 is 0 Å². The second-order valence-corrected chi connectivity index (χ2v) is 5.08. The first-order chi connectivity index (χ1) is 9.83. The Bertz CT molecular complexity index is 765. The van der Waals surface area contributed by atoms with Gasteiger partial charge < -0.3 is 4.90 Å². The fraction of sp³-hybridized carbons (Fsp3) is 0.286. The lowest BCUT2D eigenvalue weighted by Gasteiger charge is -2.26. The predicted molar refractivity (Wildman–Crippen MR) is 74.5 cm³/mol. The van der Waals surface area contributed by atoms with Gasteiger partial charge in [-0.15, -0.1) is 14.8 Å². The molecule has 0 aliphatic heterocycles. The molecule has 0 fully saturated rings. The average Bonchev–Trinajstić information content (AvgIpc) is 3.12. The van der Waals surface area contributed by atoms with Gasteiger partial charge in [0.1, 0.15) is 0 Å². The van der Waals surface area contributed by atoms with E-state index in [1.165, 1.54) is 15.8 Å². The molecule has 6 heteroatoms. The summed E-state index contributed by atoms with van der Waals surface area (Å²) in [5.41, 5.74) is 3.50. The molecule has 0 bridgehead atoms. The molecule has 0 saturated heterocycles. The second-order valence-electron chi connectivity index (χ2n) is 5.08. The Labute approximate surface area is 116 Å². The molecule has 4 rings (SSSR count). The van der Waals surface area contributed by atoms with Crippen molar-refractivity contribution in [3.05, 3.63) is 47.5 Å². The van der Waals surface area contributed by atoms with E-state index in [1.807, 2.05) is 12.1 Å². The molecule has 0 radical (unpaired) electrons. The molecule has 0 unspecified atom stereocenters. The van der Waals surface area contributed by atoms with Crippen molar-refractivity contribution in [3.8, 4) is 0 Å². The predicted octanol–water partition coefficient (Wildman–Crippen LogP) is 1.64. The van der Waals surface area contributed by atoms with Crippen LogP contribution in [0, 0.1) is 0 Å². The Morgan fingerprint density at radius 1 is 1.20 bits per heavy atom. The number of aryl methyl sites for hydroxylation is 1. The van der Waals surface area contributed by atoms with Crippen LogP contribution in [0.15, 0.2) is 36.4 Å². The fourth-order valence-corrected chi connectivity index (χ4v) is 2.92. The van der Waals surface area contributed by atoms with Gasteiger partial charge in [0.25, 0.3) is 0 Å². The molecule has 2 aromatic heterocycles. The van der Waals surface area contributed by atoms with Gasteiger partial charge in [-0.05, 0) is 46.5 Å². The summed E-state index contributed by atoms with van der Waals surface area (Å²) < 4.78 is 1.46. The van der Waals surface area contributed by atoms with Crippen LogP contribution in [0.25, 0.3) is 5.65 Å². The number of fused-ring (bicyclic) bond motifs is 2. The minimum atomic E-state index is 0.368. The Balaban J connectivity index is 1.72. The highest BCUT2D eigenvalue weighted by atomic mass is 15.6. The molecule has 20 heavy (non-hydrogen) atoms. The van der Waals surface area contributed by atoms with E-state index in [2.05, 4.69) is 56.8 Å². The highest BCUT2D eigenvalue weighted by Crippen LogP contribution is 2.36. The monoisotopic (exact) mass is 266 g/mol. The van der Waals surface area contributed by atoms with Crippen LogP contribution in [0.2, 0.25) is 0 Å². The van der Waals surface area contributed by atoms with Crippen LogP contribution in [0.1, 0.15) is 23.6 Å². The Hall–Kier alpha value is -2.50. The third-order valence-electron chi connectivity index (χ3n) is 3.99. The lowest BCUT2D eigenvalue weighted by Crippen LogP contribution is -2.24. The number of hydrogen-bond donors (Lipinski definition) is 0. The molecule has 0 N–H and O–H groups in total. The third kappa shape index (κ3) is 1.65. The Kier molecular flexibility index (Phi) is 2.42.